The molecule has 6 heteroatoms. The van der Waals surface area contributed by atoms with Gasteiger partial charge in [-0.2, -0.15) is 0 Å². The second-order valence-corrected chi connectivity index (χ2v) is 3.67. The Morgan fingerprint density at radius 2 is 2.25 bits per heavy atom. The van der Waals surface area contributed by atoms with Crippen molar-refractivity contribution in [1.82, 2.24) is 0 Å². The molecular formula is C10H20N2O4. The fourth-order valence-electron chi connectivity index (χ4n) is 1.73. The monoisotopic (exact) mass is 232 g/mol. The van der Waals surface area contributed by atoms with Crippen molar-refractivity contribution in [1.29, 1.82) is 0 Å². The molecule has 0 aromatic heterocycles. The molecular weight excluding hydrogens is 212 g/mol. The summed E-state index contributed by atoms with van der Waals surface area (Å²) < 4.78 is 15.9. The molecule has 0 spiro atoms. The zero-order valence-electron chi connectivity index (χ0n) is 9.41. The predicted octanol–water partition coefficient (Wildman–Crippen LogP) is -1.42. The quantitative estimate of drug-likeness (QED) is 0.503. The van der Waals surface area contributed by atoms with E-state index in [0.29, 0.717) is 6.61 Å². The Hall–Kier alpha value is -0.500. The van der Waals surface area contributed by atoms with Gasteiger partial charge in [0, 0.05) is 13.7 Å². The maximum absolute atomic E-state index is 9.92. The third-order valence-electron chi connectivity index (χ3n) is 2.60. The third kappa shape index (κ3) is 2.79. The van der Waals surface area contributed by atoms with Gasteiger partial charge in [0.2, 0.25) is 0 Å². The Bertz CT molecular complexity index is 225. The predicted molar refractivity (Wildman–Crippen MR) is 58.6 cm³/mol. The maximum atomic E-state index is 9.92. The van der Waals surface area contributed by atoms with Crippen molar-refractivity contribution in [2.45, 2.75) is 30.6 Å². The summed E-state index contributed by atoms with van der Waals surface area (Å²) in [6.45, 7) is 4.06. The van der Waals surface area contributed by atoms with Gasteiger partial charge in [0.05, 0.1) is 12.6 Å². The number of ether oxygens (including phenoxy) is 3. The van der Waals surface area contributed by atoms with Crippen LogP contribution in [0.2, 0.25) is 0 Å². The summed E-state index contributed by atoms with van der Waals surface area (Å²) in [5.41, 5.74) is 11.3. The lowest BCUT2D eigenvalue weighted by atomic mass is 9.97. The van der Waals surface area contributed by atoms with E-state index in [1.807, 2.05) is 0 Å². The van der Waals surface area contributed by atoms with Crippen LogP contribution in [0.5, 0.6) is 0 Å². The number of nitrogens with two attached hydrogens (primary N) is 2. The van der Waals surface area contributed by atoms with Gasteiger partial charge in [-0.05, 0) is 0 Å². The average Bonchev–Trinajstić information content (AvgIpc) is 2.30. The molecule has 1 aliphatic rings. The smallest absolute Gasteiger partial charge is 0.176 e. The number of rotatable bonds is 5. The fraction of sp³-hybridized carbons (Fsp3) is 0.800. The van der Waals surface area contributed by atoms with Gasteiger partial charge in [0.1, 0.15) is 18.3 Å². The normalized spacial score (nSPS) is 39.6. The summed E-state index contributed by atoms with van der Waals surface area (Å²) in [7, 11) is 1.48. The Balaban J connectivity index is 2.66. The van der Waals surface area contributed by atoms with E-state index in [2.05, 4.69) is 6.58 Å². The lowest BCUT2D eigenvalue weighted by Gasteiger charge is -2.42. The largest absolute Gasteiger partial charge is 0.388 e. The minimum atomic E-state index is -0.859. The van der Waals surface area contributed by atoms with Crippen molar-refractivity contribution in [3.63, 3.8) is 0 Å². The molecule has 94 valence electrons. The summed E-state index contributed by atoms with van der Waals surface area (Å²) >= 11 is 0. The number of aliphatic hydroxyl groups is 1. The van der Waals surface area contributed by atoms with Crippen molar-refractivity contribution in [2.75, 3.05) is 20.3 Å². The summed E-state index contributed by atoms with van der Waals surface area (Å²) in [4.78, 5) is 0. The van der Waals surface area contributed by atoms with Crippen LogP contribution in [0, 0.1) is 0 Å². The Morgan fingerprint density at radius 3 is 2.75 bits per heavy atom. The molecule has 6 nitrogen and oxygen atoms in total. The molecule has 0 saturated carbocycles. The molecule has 5 unspecified atom stereocenters. The van der Waals surface area contributed by atoms with E-state index in [1.165, 1.54) is 7.11 Å². The molecule has 5 atom stereocenters. The molecule has 1 rings (SSSR count). The first-order valence-corrected chi connectivity index (χ1v) is 5.20. The van der Waals surface area contributed by atoms with Crippen molar-refractivity contribution in [2.24, 2.45) is 11.5 Å². The Labute approximate surface area is 95.1 Å². The first-order chi connectivity index (χ1) is 7.65. The van der Waals surface area contributed by atoms with E-state index in [9.17, 15) is 5.11 Å². The van der Waals surface area contributed by atoms with Crippen molar-refractivity contribution < 1.29 is 19.3 Å². The average molecular weight is 232 g/mol. The van der Waals surface area contributed by atoms with Gasteiger partial charge in [-0.15, -0.1) is 6.58 Å². The molecule has 1 fully saturated rings. The highest BCUT2D eigenvalue weighted by Gasteiger charge is 2.43. The molecule has 1 saturated heterocycles. The van der Waals surface area contributed by atoms with E-state index in [0.717, 1.165) is 0 Å². The topological polar surface area (TPSA) is 100.0 Å². The number of methoxy groups -OCH3 is 1. The molecule has 1 heterocycles. The van der Waals surface area contributed by atoms with E-state index in [-0.39, 0.29) is 6.54 Å². The zero-order valence-corrected chi connectivity index (χ0v) is 9.41. The highest BCUT2D eigenvalue weighted by Crippen LogP contribution is 2.22. The lowest BCUT2D eigenvalue weighted by Crippen LogP contribution is -2.63. The summed E-state index contributed by atoms with van der Waals surface area (Å²) in [5.74, 6) is 0. The maximum Gasteiger partial charge on any atom is 0.176 e. The molecule has 0 amide bonds. The van der Waals surface area contributed by atoms with Crippen LogP contribution in [0.4, 0.5) is 0 Å². The van der Waals surface area contributed by atoms with Crippen LogP contribution in [0.1, 0.15) is 0 Å². The number of hydrogen-bond acceptors (Lipinski definition) is 6. The van der Waals surface area contributed by atoms with E-state index in [4.69, 9.17) is 25.7 Å². The minimum Gasteiger partial charge on any atom is -0.388 e. The molecule has 0 radical (unpaired) electrons. The van der Waals surface area contributed by atoms with Crippen molar-refractivity contribution >= 4 is 0 Å². The fourth-order valence-corrected chi connectivity index (χ4v) is 1.73. The Morgan fingerprint density at radius 1 is 1.56 bits per heavy atom. The molecule has 0 bridgehead atoms. The SMILES string of the molecule is C=CCOC1OC(CN)C(OC)C(O)C1N. The Kier molecular flexibility index (Phi) is 5.33. The third-order valence-corrected chi connectivity index (χ3v) is 2.60. The van der Waals surface area contributed by atoms with E-state index < -0.39 is 30.6 Å². The zero-order chi connectivity index (χ0) is 12.1. The van der Waals surface area contributed by atoms with Crippen LogP contribution in [0.25, 0.3) is 0 Å². The summed E-state index contributed by atoms with van der Waals surface area (Å²) in [5, 5.41) is 9.92. The van der Waals surface area contributed by atoms with Crippen LogP contribution in [-0.4, -0.2) is 56.0 Å². The van der Waals surface area contributed by atoms with Gasteiger partial charge in [-0.1, -0.05) is 6.08 Å². The molecule has 0 aliphatic carbocycles. The molecule has 0 aromatic rings. The van der Waals surface area contributed by atoms with Gasteiger partial charge in [-0.25, -0.2) is 0 Å². The minimum absolute atomic E-state index is 0.232. The van der Waals surface area contributed by atoms with Crippen LogP contribution in [-0.2, 0) is 14.2 Å². The van der Waals surface area contributed by atoms with E-state index >= 15 is 0 Å². The number of aliphatic hydroxyl groups excluding tert-OH is 1. The van der Waals surface area contributed by atoms with Gasteiger partial charge in [0.15, 0.2) is 6.29 Å². The van der Waals surface area contributed by atoms with Gasteiger partial charge in [-0.3, -0.25) is 0 Å². The van der Waals surface area contributed by atoms with Crippen LogP contribution >= 0.6 is 0 Å². The lowest BCUT2D eigenvalue weighted by molar-refractivity contribution is -0.258. The summed E-state index contributed by atoms with van der Waals surface area (Å²) in [6, 6.07) is -0.660. The molecule has 0 aromatic carbocycles. The van der Waals surface area contributed by atoms with Crippen LogP contribution < -0.4 is 11.5 Å². The van der Waals surface area contributed by atoms with Crippen molar-refractivity contribution in [3.05, 3.63) is 12.7 Å². The second kappa shape index (κ2) is 6.29. The van der Waals surface area contributed by atoms with Gasteiger partial charge < -0.3 is 30.8 Å². The van der Waals surface area contributed by atoms with Gasteiger partial charge in [0.25, 0.3) is 0 Å². The first kappa shape index (κ1) is 13.6. The van der Waals surface area contributed by atoms with Gasteiger partial charge >= 0.3 is 0 Å². The number of hydrogen-bond donors (Lipinski definition) is 3. The van der Waals surface area contributed by atoms with E-state index in [1.54, 1.807) is 6.08 Å². The molecule has 16 heavy (non-hydrogen) atoms. The first-order valence-electron chi connectivity index (χ1n) is 5.20. The standard InChI is InChI=1S/C10H20N2O4/c1-3-4-15-10-7(12)8(13)9(14-2)6(5-11)16-10/h3,6-10,13H,1,4-5,11-12H2,2H3. The van der Waals surface area contributed by atoms with Crippen molar-refractivity contribution in [3.8, 4) is 0 Å². The molecule has 1 aliphatic heterocycles. The highest BCUT2D eigenvalue weighted by molar-refractivity contribution is 4.93. The highest BCUT2D eigenvalue weighted by atomic mass is 16.7. The molecule has 5 N–H and O–H groups in total. The van der Waals surface area contributed by atoms with Crippen LogP contribution in [0.15, 0.2) is 12.7 Å². The van der Waals surface area contributed by atoms with Crippen LogP contribution in [0.3, 0.4) is 0 Å². The second-order valence-electron chi connectivity index (χ2n) is 3.67. The summed E-state index contributed by atoms with van der Waals surface area (Å²) in [6.07, 6.45) is -0.907.